The summed E-state index contributed by atoms with van der Waals surface area (Å²) in [5.41, 5.74) is 1.28. The van der Waals surface area contributed by atoms with Gasteiger partial charge in [-0.15, -0.1) is 0 Å². The lowest BCUT2D eigenvalue weighted by Gasteiger charge is -2.28. The van der Waals surface area contributed by atoms with Gasteiger partial charge in [0.25, 0.3) is 0 Å². The molecule has 0 aromatic rings. The first kappa shape index (κ1) is 9.56. The lowest BCUT2D eigenvalue weighted by molar-refractivity contribution is -0.141. The molecule has 2 rings (SSSR count). The van der Waals surface area contributed by atoms with Crippen LogP contribution in [0.15, 0.2) is 11.8 Å². The van der Waals surface area contributed by atoms with E-state index in [4.69, 9.17) is 5.11 Å². The molecule has 3 nitrogen and oxygen atoms in total. The van der Waals surface area contributed by atoms with Crippen LogP contribution in [0, 0.1) is 0 Å². The minimum atomic E-state index is -0.658. The summed E-state index contributed by atoms with van der Waals surface area (Å²) in [6.45, 7) is 0.933. The van der Waals surface area contributed by atoms with Crippen LogP contribution in [0.1, 0.15) is 38.5 Å². The smallest absolute Gasteiger partial charge is 0.326 e. The van der Waals surface area contributed by atoms with E-state index in [-0.39, 0.29) is 6.04 Å². The van der Waals surface area contributed by atoms with Crippen LogP contribution >= 0.6 is 0 Å². The van der Waals surface area contributed by atoms with Crippen molar-refractivity contribution < 1.29 is 9.90 Å². The molecule has 1 atom stereocenters. The van der Waals surface area contributed by atoms with Crippen molar-refractivity contribution in [1.29, 1.82) is 0 Å². The van der Waals surface area contributed by atoms with Crippen LogP contribution in [-0.4, -0.2) is 28.6 Å². The summed E-state index contributed by atoms with van der Waals surface area (Å²) in [6.07, 6.45) is 8.73. The largest absolute Gasteiger partial charge is 0.480 e. The highest BCUT2D eigenvalue weighted by atomic mass is 16.4. The second-order valence-electron chi connectivity index (χ2n) is 4.13. The summed E-state index contributed by atoms with van der Waals surface area (Å²) in [4.78, 5) is 13.1. The van der Waals surface area contributed by atoms with E-state index >= 15 is 0 Å². The first-order chi connectivity index (χ1) is 6.79. The van der Waals surface area contributed by atoms with Gasteiger partial charge in [0.05, 0.1) is 0 Å². The SMILES string of the molecule is O=C(O)[C@@H]1CCCN1C1=CCCCC1. The molecule has 1 aliphatic carbocycles. The Hall–Kier alpha value is -0.990. The van der Waals surface area contributed by atoms with Gasteiger partial charge >= 0.3 is 5.97 Å². The van der Waals surface area contributed by atoms with Gasteiger partial charge in [-0.2, -0.15) is 0 Å². The van der Waals surface area contributed by atoms with E-state index < -0.39 is 5.97 Å². The summed E-state index contributed by atoms with van der Waals surface area (Å²) < 4.78 is 0. The molecule has 0 aromatic heterocycles. The van der Waals surface area contributed by atoms with Crippen molar-refractivity contribution in [2.45, 2.75) is 44.6 Å². The van der Waals surface area contributed by atoms with E-state index in [9.17, 15) is 4.79 Å². The van der Waals surface area contributed by atoms with Crippen molar-refractivity contribution >= 4 is 5.97 Å². The molecule has 1 aliphatic heterocycles. The fourth-order valence-corrected chi connectivity index (χ4v) is 2.45. The Kier molecular flexibility index (Phi) is 2.75. The number of carboxylic acid groups (broad SMARTS) is 1. The van der Waals surface area contributed by atoms with E-state index in [1.807, 2.05) is 0 Å². The first-order valence-corrected chi connectivity index (χ1v) is 5.47. The molecule has 2 aliphatic rings. The van der Waals surface area contributed by atoms with Gasteiger partial charge in [0.2, 0.25) is 0 Å². The maximum absolute atomic E-state index is 11.0. The van der Waals surface area contributed by atoms with Crippen LogP contribution in [0.5, 0.6) is 0 Å². The van der Waals surface area contributed by atoms with Crippen molar-refractivity contribution in [2.24, 2.45) is 0 Å². The highest BCUT2D eigenvalue weighted by Crippen LogP contribution is 2.28. The van der Waals surface area contributed by atoms with Crippen LogP contribution in [0.2, 0.25) is 0 Å². The predicted molar refractivity (Wildman–Crippen MR) is 53.9 cm³/mol. The quantitative estimate of drug-likeness (QED) is 0.732. The molecular weight excluding hydrogens is 178 g/mol. The third-order valence-electron chi connectivity index (χ3n) is 3.17. The zero-order chi connectivity index (χ0) is 9.97. The average Bonchev–Trinajstić information content (AvgIpc) is 2.67. The minimum Gasteiger partial charge on any atom is -0.480 e. The molecule has 0 aromatic carbocycles. The lowest BCUT2D eigenvalue weighted by atomic mass is 10.0. The number of aliphatic carboxylic acids is 1. The monoisotopic (exact) mass is 195 g/mol. The van der Waals surface area contributed by atoms with Crippen LogP contribution in [-0.2, 0) is 4.79 Å². The molecule has 0 amide bonds. The van der Waals surface area contributed by atoms with Gasteiger partial charge in [-0.25, -0.2) is 4.79 Å². The van der Waals surface area contributed by atoms with Crippen molar-refractivity contribution in [2.75, 3.05) is 6.54 Å². The van der Waals surface area contributed by atoms with Crippen molar-refractivity contribution in [3.63, 3.8) is 0 Å². The van der Waals surface area contributed by atoms with Gasteiger partial charge in [-0.05, 0) is 38.5 Å². The lowest BCUT2D eigenvalue weighted by Crippen LogP contribution is -2.35. The van der Waals surface area contributed by atoms with Crippen LogP contribution in [0.4, 0.5) is 0 Å². The van der Waals surface area contributed by atoms with Crippen LogP contribution < -0.4 is 0 Å². The van der Waals surface area contributed by atoms with Crippen molar-refractivity contribution in [3.05, 3.63) is 11.8 Å². The zero-order valence-electron chi connectivity index (χ0n) is 8.41. The van der Waals surface area contributed by atoms with Gasteiger partial charge in [0.1, 0.15) is 6.04 Å². The summed E-state index contributed by atoms with van der Waals surface area (Å²) in [7, 11) is 0. The predicted octanol–water partition coefficient (Wildman–Crippen LogP) is 1.99. The molecule has 1 fully saturated rings. The molecular formula is C11H17NO2. The number of carboxylic acids is 1. The van der Waals surface area contributed by atoms with Gasteiger partial charge in [0, 0.05) is 12.2 Å². The molecule has 1 saturated heterocycles. The Morgan fingerprint density at radius 2 is 2.29 bits per heavy atom. The second-order valence-corrected chi connectivity index (χ2v) is 4.13. The first-order valence-electron chi connectivity index (χ1n) is 5.47. The van der Waals surface area contributed by atoms with Gasteiger partial charge in [0.15, 0.2) is 0 Å². The highest BCUT2D eigenvalue weighted by Gasteiger charge is 2.31. The van der Waals surface area contributed by atoms with Crippen LogP contribution in [0.3, 0.4) is 0 Å². The van der Waals surface area contributed by atoms with E-state index in [1.54, 1.807) is 0 Å². The zero-order valence-corrected chi connectivity index (χ0v) is 8.41. The number of carbonyl (C=O) groups is 1. The Balaban J connectivity index is 2.08. The number of allylic oxidation sites excluding steroid dienone is 2. The Morgan fingerprint density at radius 3 is 2.93 bits per heavy atom. The van der Waals surface area contributed by atoms with Gasteiger partial charge in [-0.1, -0.05) is 6.08 Å². The fraction of sp³-hybridized carbons (Fsp3) is 0.727. The average molecular weight is 195 g/mol. The molecule has 14 heavy (non-hydrogen) atoms. The van der Waals surface area contributed by atoms with Gasteiger partial charge < -0.3 is 10.0 Å². The molecule has 78 valence electrons. The molecule has 3 heteroatoms. The second kappa shape index (κ2) is 4.03. The fourth-order valence-electron chi connectivity index (χ4n) is 2.45. The number of nitrogens with zero attached hydrogens (tertiary/aromatic N) is 1. The highest BCUT2D eigenvalue weighted by molar-refractivity contribution is 5.74. The topological polar surface area (TPSA) is 40.5 Å². The third kappa shape index (κ3) is 1.76. The molecule has 1 heterocycles. The van der Waals surface area contributed by atoms with Crippen molar-refractivity contribution in [1.82, 2.24) is 4.90 Å². The van der Waals surface area contributed by atoms with Crippen molar-refractivity contribution in [3.8, 4) is 0 Å². The third-order valence-corrected chi connectivity index (χ3v) is 3.17. The standard InChI is InChI=1S/C11H17NO2/c13-11(14)10-7-4-8-12(10)9-5-2-1-3-6-9/h5,10H,1-4,6-8H2,(H,13,14)/t10-/m0/s1. The number of hydrogen-bond acceptors (Lipinski definition) is 2. The summed E-state index contributed by atoms with van der Waals surface area (Å²) in [5.74, 6) is -0.658. The molecule has 0 bridgehead atoms. The number of rotatable bonds is 2. The maximum Gasteiger partial charge on any atom is 0.326 e. The Bertz CT molecular complexity index is 260. The van der Waals surface area contributed by atoms with E-state index in [0.717, 1.165) is 32.2 Å². The summed E-state index contributed by atoms with van der Waals surface area (Å²) >= 11 is 0. The molecule has 0 saturated carbocycles. The van der Waals surface area contributed by atoms with Crippen LogP contribution in [0.25, 0.3) is 0 Å². The molecule has 0 radical (unpaired) electrons. The normalized spacial score (nSPS) is 27.6. The minimum absolute atomic E-state index is 0.251. The van der Waals surface area contributed by atoms with E-state index in [2.05, 4.69) is 11.0 Å². The van der Waals surface area contributed by atoms with Gasteiger partial charge in [-0.3, -0.25) is 0 Å². The maximum atomic E-state index is 11.0. The Morgan fingerprint density at radius 1 is 1.43 bits per heavy atom. The number of likely N-dealkylation sites (tertiary alicyclic amines) is 1. The summed E-state index contributed by atoms with van der Waals surface area (Å²) in [5, 5.41) is 9.05. The molecule has 1 N–H and O–H groups in total. The number of hydrogen-bond donors (Lipinski definition) is 1. The Labute approximate surface area is 84.4 Å². The summed E-state index contributed by atoms with van der Waals surface area (Å²) in [6, 6.07) is -0.251. The van der Waals surface area contributed by atoms with E-state index in [1.165, 1.54) is 18.5 Å². The molecule has 0 spiro atoms. The molecule has 0 unspecified atom stereocenters. The van der Waals surface area contributed by atoms with E-state index in [0.29, 0.717) is 0 Å².